The molecule has 2 aromatic carbocycles. The van der Waals surface area contributed by atoms with E-state index in [0.29, 0.717) is 30.0 Å². The van der Waals surface area contributed by atoms with Crippen LogP contribution < -0.4 is 21.5 Å². The third-order valence-electron chi connectivity index (χ3n) is 6.92. The molecule has 1 aromatic heterocycles. The number of amides is 2. The van der Waals surface area contributed by atoms with Crippen LogP contribution in [0, 0.1) is 5.41 Å². The summed E-state index contributed by atoms with van der Waals surface area (Å²) in [6.07, 6.45) is 9.48. The minimum atomic E-state index is -0.122. The zero-order chi connectivity index (χ0) is 26.5. The zero-order valence-corrected chi connectivity index (χ0v) is 21.2. The summed E-state index contributed by atoms with van der Waals surface area (Å²) in [6, 6.07) is 18.8. The lowest BCUT2D eigenvalue weighted by molar-refractivity contribution is 0.194. The Morgan fingerprint density at radius 3 is 2.47 bits per heavy atom. The van der Waals surface area contributed by atoms with Gasteiger partial charge in [0.15, 0.2) is 0 Å². The van der Waals surface area contributed by atoms with Crippen LogP contribution in [-0.2, 0) is 0 Å². The number of anilines is 2. The fraction of sp³-hybridized carbons (Fsp3) is 0.233. The maximum atomic E-state index is 12.7. The zero-order valence-electron chi connectivity index (χ0n) is 21.2. The van der Waals surface area contributed by atoms with Crippen LogP contribution in [0.3, 0.4) is 0 Å². The van der Waals surface area contributed by atoms with E-state index in [-0.39, 0.29) is 17.8 Å². The van der Waals surface area contributed by atoms with E-state index >= 15 is 0 Å². The van der Waals surface area contributed by atoms with Crippen molar-refractivity contribution in [1.82, 2.24) is 9.88 Å². The number of urea groups is 1. The number of para-hydroxylation sites is 1. The maximum absolute atomic E-state index is 12.7. The number of nitrogen functional groups attached to an aromatic ring is 2. The van der Waals surface area contributed by atoms with Crippen molar-refractivity contribution in [3.8, 4) is 17.0 Å². The molecule has 1 fully saturated rings. The molecule has 38 heavy (non-hydrogen) atoms. The SMILES string of the molecule is N=C(N)c1c(N)cc(C2CCN(C(=O)Nc3ccccc3)CC2)nc1-c1ccc(OC2=CC=CCC2)cc1. The molecule has 1 aliphatic heterocycles. The molecule has 2 heterocycles. The fourth-order valence-corrected chi connectivity index (χ4v) is 4.89. The van der Waals surface area contributed by atoms with Crippen LogP contribution in [0.2, 0.25) is 0 Å². The Morgan fingerprint density at radius 1 is 1.08 bits per heavy atom. The predicted octanol–water partition coefficient (Wildman–Crippen LogP) is 5.64. The predicted molar refractivity (Wildman–Crippen MR) is 151 cm³/mol. The number of ether oxygens (including phenoxy) is 1. The average Bonchev–Trinajstić information content (AvgIpc) is 2.94. The first kappa shape index (κ1) is 25.1. The number of piperidine rings is 1. The minimum Gasteiger partial charge on any atom is -0.462 e. The van der Waals surface area contributed by atoms with Gasteiger partial charge >= 0.3 is 6.03 Å². The number of pyridine rings is 1. The summed E-state index contributed by atoms with van der Waals surface area (Å²) in [5.41, 5.74) is 16.2. The normalized spacial score (nSPS) is 15.6. The molecular weight excluding hydrogens is 476 g/mol. The summed E-state index contributed by atoms with van der Waals surface area (Å²) in [6.45, 7) is 1.23. The van der Waals surface area contributed by atoms with E-state index in [1.807, 2.05) is 77.7 Å². The molecule has 8 heteroatoms. The van der Waals surface area contributed by atoms with Gasteiger partial charge in [-0.2, -0.15) is 0 Å². The van der Waals surface area contributed by atoms with E-state index in [2.05, 4.69) is 11.4 Å². The van der Waals surface area contributed by atoms with Gasteiger partial charge in [0, 0.05) is 48.1 Å². The topological polar surface area (TPSA) is 130 Å². The Kier molecular flexibility index (Phi) is 7.40. The second-order valence-electron chi connectivity index (χ2n) is 9.56. The van der Waals surface area contributed by atoms with Crippen molar-refractivity contribution >= 4 is 23.2 Å². The molecule has 0 atom stereocenters. The van der Waals surface area contributed by atoms with Gasteiger partial charge in [-0.15, -0.1) is 0 Å². The van der Waals surface area contributed by atoms with Gasteiger partial charge in [-0.25, -0.2) is 4.79 Å². The summed E-state index contributed by atoms with van der Waals surface area (Å²) in [7, 11) is 0. The molecule has 3 aromatic rings. The summed E-state index contributed by atoms with van der Waals surface area (Å²) in [4.78, 5) is 19.5. The highest BCUT2D eigenvalue weighted by Gasteiger charge is 2.26. The third kappa shape index (κ3) is 5.70. The molecule has 194 valence electrons. The van der Waals surface area contributed by atoms with E-state index in [1.54, 1.807) is 0 Å². The lowest BCUT2D eigenvalue weighted by Crippen LogP contribution is -2.40. The molecule has 0 saturated carbocycles. The molecule has 0 radical (unpaired) electrons. The van der Waals surface area contributed by atoms with E-state index in [0.717, 1.165) is 54.1 Å². The van der Waals surface area contributed by atoms with Crippen LogP contribution in [-0.4, -0.2) is 34.8 Å². The summed E-state index contributed by atoms with van der Waals surface area (Å²) in [5, 5.41) is 11.1. The lowest BCUT2D eigenvalue weighted by atomic mass is 9.91. The number of hydrogen-bond donors (Lipinski definition) is 4. The number of nitrogens with one attached hydrogen (secondary N) is 2. The number of carbonyl (C=O) groups is 1. The summed E-state index contributed by atoms with van der Waals surface area (Å²) < 4.78 is 5.99. The maximum Gasteiger partial charge on any atom is 0.321 e. The molecule has 2 amide bonds. The fourth-order valence-electron chi connectivity index (χ4n) is 4.89. The van der Waals surface area contributed by atoms with Crippen molar-refractivity contribution < 1.29 is 9.53 Å². The first-order valence-electron chi connectivity index (χ1n) is 12.9. The highest BCUT2D eigenvalue weighted by molar-refractivity contribution is 6.05. The van der Waals surface area contributed by atoms with E-state index in [1.165, 1.54) is 0 Å². The molecule has 1 saturated heterocycles. The van der Waals surface area contributed by atoms with Gasteiger partial charge in [0.05, 0.1) is 11.3 Å². The molecule has 1 aliphatic carbocycles. The largest absolute Gasteiger partial charge is 0.462 e. The van der Waals surface area contributed by atoms with Gasteiger partial charge in [-0.05, 0) is 67.8 Å². The molecule has 5 rings (SSSR count). The lowest BCUT2D eigenvalue weighted by Gasteiger charge is -2.32. The van der Waals surface area contributed by atoms with Crippen LogP contribution in [0.5, 0.6) is 5.75 Å². The van der Waals surface area contributed by atoms with Crippen LogP contribution >= 0.6 is 0 Å². The van der Waals surface area contributed by atoms with Crippen molar-refractivity contribution in [2.45, 2.75) is 31.6 Å². The first-order chi connectivity index (χ1) is 18.5. The molecule has 0 unspecified atom stereocenters. The second kappa shape index (κ2) is 11.2. The number of hydrogen-bond acceptors (Lipinski definition) is 5. The molecule has 8 nitrogen and oxygen atoms in total. The summed E-state index contributed by atoms with van der Waals surface area (Å²) >= 11 is 0. The van der Waals surface area contributed by atoms with Crippen LogP contribution in [0.25, 0.3) is 11.3 Å². The molecule has 0 bridgehead atoms. The average molecular weight is 509 g/mol. The minimum absolute atomic E-state index is 0.0999. The smallest absolute Gasteiger partial charge is 0.321 e. The standard InChI is InChI=1S/C30H32N6O2/c31-25-19-26(20-15-17-36(18-16-20)30(37)34-22-7-3-1-4-8-22)35-28(27(25)29(32)33)21-11-13-24(14-12-21)38-23-9-5-2-6-10-23/h1-5,7-9,11-14,19-20H,6,10,15-18H2,(H2,31,35)(H3,32,33)(H,34,37). The number of likely N-dealkylation sites (tertiary alicyclic amines) is 1. The quantitative estimate of drug-likeness (QED) is 0.253. The second-order valence-corrected chi connectivity index (χ2v) is 9.56. The van der Waals surface area contributed by atoms with Crippen LogP contribution in [0.4, 0.5) is 16.2 Å². The van der Waals surface area contributed by atoms with Crippen molar-refractivity contribution in [3.63, 3.8) is 0 Å². The van der Waals surface area contributed by atoms with Crippen molar-refractivity contribution in [3.05, 3.63) is 95.9 Å². The summed E-state index contributed by atoms with van der Waals surface area (Å²) in [5.74, 6) is 1.69. The number of aromatic nitrogens is 1. The van der Waals surface area contributed by atoms with Crippen LogP contribution in [0.1, 0.15) is 42.9 Å². The van der Waals surface area contributed by atoms with Crippen molar-refractivity contribution in [2.24, 2.45) is 5.73 Å². The van der Waals surface area contributed by atoms with Gasteiger partial charge in [-0.1, -0.05) is 30.4 Å². The molecule has 2 aliphatic rings. The van der Waals surface area contributed by atoms with Crippen LogP contribution in [0.15, 0.2) is 84.7 Å². The highest BCUT2D eigenvalue weighted by Crippen LogP contribution is 2.34. The number of nitrogens with two attached hydrogens (primary N) is 2. The molecular formula is C30H32N6O2. The first-order valence-corrected chi connectivity index (χ1v) is 12.9. The van der Waals surface area contributed by atoms with Crippen molar-refractivity contribution in [2.75, 3.05) is 24.1 Å². The van der Waals surface area contributed by atoms with Gasteiger partial charge in [-0.3, -0.25) is 10.4 Å². The van der Waals surface area contributed by atoms with E-state index < -0.39 is 0 Å². The number of nitrogens with zero attached hydrogens (tertiary/aromatic N) is 2. The van der Waals surface area contributed by atoms with Gasteiger partial charge in [0.2, 0.25) is 0 Å². The number of benzene rings is 2. The number of rotatable bonds is 6. The Morgan fingerprint density at radius 2 is 1.82 bits per heavy atom. The van der Waals surface area contributed by atoms with E-state index in [9.17, 15) is 4.79 Å². The molecule has 0 spiro atoms. The Bertz CT molecular complexity index is 1370. The Labute approximate surface area is 222 Å². The Balaban J connectivity index is 1.32. The van der Waals surface area contributed by atoms with Gasteiger partial charge < -0.3 is 26.4 Å². The Hall–Kier alpha value is -4.59. The monoisotopic (exact) mass is 508 g/mol. The van der Waals surface area contributed by atoms with Crippen molar-refractivity contribution in [1.29, 1.82) is 5.41 Å². The number of carbonyl (C=O) groups excluding carboxylic acids is 1. The van der Waals surface area contributed by atoms with Gasteiger partial charge in [0.1, 0.15) is 17.3 Å². The van der Waals surface area contributed by atoms with Gasteiger partial charge in [0.25, 0.3) is 0 Å². The van der Waals surface area contributed by atoms with E-state index in [4.69, 9.17) is 26.6 Å². The molecule has 6 N–H and O–H groups in total. The number of amidine groups is 1. The third-order valence-corrected chi connectivity index (χ3v) is 6.92. The number of allylic oxidation sites excluding steroid dienone is 4. The highest BCUT2D eigenvalue weighted by atomic mass is 16.5.